The van der Waals surface area contributed by atoms with Crippen molar-refractivity contribution in [2.24, 2.45) is 5.92 Å². The van der Waals surface area contributed by atoms with Crippen LogP contribution < -0.4 is 20.1 Å². The maximum atomic E-state index is 12.8. The topological polar surface area (TPSA) is 102 Å². The van der Waals surface area contributed by atoms with Gasteiger partial charge in [-0.15, -0.1) is 10.2 Å². The summed E-state index contributed by atoms with van der Waals surface area (Å²) < 4.78 is 10.3. The molecule has 1 atom stereocenters. The van der Waals surface area contributed by atoms with Gasteiger partial charge in [-0.3, -0.25) is 14.9 Å². The van der Waals surface area contributed by atoms with Gasteiger partial charge in [-0.2, -0.15) is 0 Å². The molecule has 0 saturated heterocycles. The summed E-state index contributed by atoms with van der Waals surface area (Å²) in [6, 6.07) is 13.4. The van der Waals surface area contributed by atoms with E-state index in [4.69, 9.17) is 9.47 Å². The molecule has 0 aliphatic carbocycles. The van der Waals surface area contributed by atoms with Gasteiger partial charge >= 0.3 is 0 Å². The van der Waals surface area contributed by atoms with E-state index in [-0.39, 0.29) is 17.7 Å². The van der Waals surface area contributed by atoms with Crippen LogP contribution in [-0.4, -0.2) is 42.3 Å². The summed E-state index contributed by atoms with van der Waals surface area (Å²) in [6.07, 6.45) is 0. The Morgan fingerprint density at radius 2 is 1.68 bits per heavy atom. The normalized spacial score (nSPS) is 11.6. The Morgan fingerprint density at radius 3 is 2.32 bits per heavy atom. The number of aromatic nitrogens is 2. The highest BCUT2D eigenvalue weighted by molar-refractivity contribution is 7.18. The lowest BCUT2D eigenvalue weighted by Gasteiger charge is -2.21. The monoisotopic (exact) mass is 440 g/mol. The Labute approximate surface area is 184 Å². The highest BCUT2D eigenvalue weighted by Gasteiger charge is 2.26. The number of carbonyl (C=O) groups is 2. The van der Waals surface area contributed by atoms with Crippen LogP contribution in [0.5, 0.6) is 11.5 Å². The van der Waals surface area contributed by atoms with Crippen LogP contribution in [-0.2, 0) is 4.79 Å². The molecule has 9 heteroatoms. The van der Waals surface area contributed by atoms with Crippen molar-refractivity contribution in [2.75, 3.05) is 19.5 Å². The van der Waals surface area contributed by atoms with E-state index in [9.17, 15) is 9.59 Å². The van der Waals surface area contributed by atoms with Crippen molar-refractivity contribution in [3.05, 3.63) is 54.1 Å². The van der Waals surface area contributed by atoms with Gasteiger partial charge < -0.3 is 14.8 Å². The molecule has 0 radical (unpaired) electrons. The summed E-state index contributed by atoms with van der Waals surface area (Å²) >= 11 is 1.25. The Hall–Kier alpha value is -3.46. The summed E-state index contributed by atoms with van der Waals surface area (Å²) in [5.74, 6) is 0.461. The summed E-state index contributed by atoms with van der Waals surface area (Å²) in [7, 11) is 3.13. The molecule has 8 nitrogen and oxygen atoms in total. The molecule has 1 unspecified atom stereocenters. The average molecular weight is 441 g/mol. The Balaban J connectivity index is 1.69. The molecule has 0 spiro atoms. The van der Waals surface area contributed by atoms with Gasteiger partial charge in [0.1, 0.15) is 22.5 Å². The van der Waals surface area contributed by atoms with Crippen molar-refractivity contribution in [1.82, 2.24) is 15.5 Å². The minimum Gasteiger partial charge on any atom is -0.497 e. The smallest absolute Gasteiger partial charge is 0.252 e. The fraction of sp³-hybridized carbons (Fsp3) is 0.273. The first-order chi connectivity index (χ1) is 14.9. The summed E-state index contributed by atoms with van der Waals surface area (Å²) in [5.41, 5.74) is 1.28. The van der Waals surface area contributed by atoms with Crippen molar-refractivity contribution >= 4 is 28.3 Å². The summed E-state index contributed by atoms with van der Waals surface area (Å²) in [6.45, 7) is 3.72. The molecule has 31 heavy (non-hydrogen) atoms. The number of carbonyl (C=O) groups excluding carboxylic acids is 2. The predicted octanol–water partition coefficient (Wildman–Crippen LogP) is 3.62. The molecule has 0 bridgehead atoms. The second-order valence-corrected chi connectivity index (χ2v) is 8.03. The lowest BCUT2D eigenvalue weighted by Crippen LogP contribution is -2.47. The van der Waals surface area contributed by atoms with E-state index in [1.54, 1.807) is 31.4 Å². The Morgan fingerprint density at radius 1 is 0.968 bits per heavy atom. The third-order valence-corrected chi connectivity index (χ3v) is 5.45. The van der Waals surface area contributed by atoms with Crippen LogP contribution in [0, 0.1) is 5.92 Å². The number of hydrogen-bond acceptors (Lipinski definition) is 7. The number of nitrogens with one attached hydrogen (secondary N) is 2. The molecule has 0 saturated carbocycles. The van der Waals surface area contributed by atoms with Crippen LogP contribution in [0.3, 0.4) is 0 Å². The van der Waals surface area contributed by atoms with E-state index < -0.39 is 6.04 Å². The third-order valence-electron chi connectivity index (χ3n) is 4.56. The highest BCUT2D eigenvalue weighted by Crippen LogP contribution is 2.28. The molecule has 0 aliphatic heterocycles. The molecule has 0 fully saturated rings. The minimum absolute atomic E-state index is 0.136. The van der Waals surface area contributed by atoms with Gasteiger partial charge in [0.25, 0.3) is 5.91 Å². The standard InChI is InChI=1S/C22H24N4O4S/c1-13(2)18(23-19(27)15-6-5-7-17(12-15)30-4)20(28)24-22-26-25-21(31-22)14-8-10-16(29-3)11-9-14/h5-13,18H,1-4H3,(H,23,27)(H,24,26,28). The van der Waals surface area contributed by atoms with Gasteiger partial charge in [0.05, 0.1) is 14.2 Å². The lowest BCUT2D eigenvalue weighted by atomic mass is 10.0. The zero-order valence-electron chi connectivity index (χ0n) is 17.7. The van der Waals surface area contributed by atoms with E-state index >= 15 is 0 Å². The molecular formula is C22H24N4O4S. The molecule has 1 heterocycles. The van der Waals surface area contributed by atoms with Gasteiger partial charge in [0.2, 0.25) is 11.0 Å². The van der Waals surface area contributed by atoms with Crippen LogP contribution in [0.4, 0.5) is 5.13 Å². The van der Waals surface area contributed by atoms with Crippen molar-refractivity contribution < 1.29 is 19.1 Å². The largest absolute Gasteiger partial charge is 0.497 e. The summed E-state index contributed by atoms with van der Waals surface area (Å²) in [5, 5.41) is 14.8. The van der Waals surface area contributed by atoms with Crippen LogP contribution in [0.2, 0.25) is 0 Å². The van der Waals surface area contributed by atoms with E-state index in [1.165, 1.54) is 18.4 Å². The molecule has 2 aromatic carbocycles. The van der Waals surface area contributed by atoms with Gasteiger partial charge in [0, 0.05) is 11.1 Å². The maximum absolute atomic E-state index is 12.8. The first-order valence-corrected chi connectivity index (χ1v) is 10.5. The highest BCUT2D eigenvalue weighted by atomic mass is 32.1. The van der Waals surface area contributed by atoms with Gasteiger partial charge in [-0.05, 0) is 48.4 Å². The van der Waals surface area contributed by atoms with Crippen molar-refractivity contribution in [3.8, 4) is 22.1 Å². The van der Waals surface area contributed by atoms with Crippen molar-refractivity contribution in [1.29, 1.82) is 0 Å². The van der Waals surface area contributed by atoms with Gasteiger partial charge in [0.15, 0.2) is 0 Å². The number of anilines is 1. The maximum Gasteiger partial charge on any atom is 0.252 e. The molecule has 2 amide bonds. The SMILES string of the molecule is COc1ccc(-c2nnc(NC(=O)C(NC(=O)c3cccc(OC)c3)C(C)C)s2)cc1. The van der Waals surface area contributed by atoms with E-state index in [0.717, 1.165) is 11.3 Å². The number of nitrogens with zero attached hydrogens (tertiary/aromatic N) is 2. The molecule has 3 rings (SSSR count). The first-order valence-electron chi connectivity index (χ1n) is 9.65. The lowest BCUT2D eigenvalue weighted by molar-refractivity contribution is -0.118. The number of rotatable bonds is 8. The van der Waals surface area contributed by atoms with Crippen LogP contribution in [0.25, 0.3) is 10.6 Å². The minimum atomic E-state index is -0.743. The van der Waals surface area contributed by atoms with Crippen LogP contribution in [0.1, 0.15) is 24.2 Å². The molecule has 162 valence electrons. The Kier molecular flexibility index (Phi) is 7.19. The number of hydrogen-bond donors (Lipinski definition) is 2. The molecule has 1 aromatic heterocycles. The van der Waals surface area contributed by atoms with Crippen molar-refractivity contribution in [2.45, 2.75) is 19.9 Å². The van der Waals surface area contributed by atoms with Crippen LogP contribution >= 0.6 is 11.3 Å². The second-order valence-electron chi connectivity index (χ2n) is 7.06. The quantitative estimate of drug-likeness (QED) is 0.555. The number of ether oxygens (including phenoxy) is 2. The second kappa shape index (κ2) is 10.0. The first kappa shape index (κ1) is 22.2. The number of methoxy groups -OCH3 is 2. The molecular weight excluding hydrogens is 416 g/mol. The summed E-state index contributed by atoms with van der Waals surface area (Å²) in [4.78, 5) is 25.5. The fourth-order valence-electron chi connectivity index (χ4n) is 2.83. The number of amides is 2. The van der Waals surface area contributed by atoms with Crippen LogP contribution in [0.15, 0.2) is 48.5 Å². The zero-order chi connectivity index (χ0) is 22.4. The van der Waals surface area contributed by atoms with Gasteiger partial charge in [-0.25, -0.2) is 0 Å². The third kappa shape index (κ3) is 5.58. The van der Waals surface area contributed by atoms with Gasteiger partial charge in [-0.1, -0.05) is 31.3 Å². The fourth-order valence-corrected chi connectivity index (χ4v) is 3.58. The molecule has 0 aliphatic rings. The average Bonchev–Trinajstić information content (AvgIpc) is 3.25. The van der Waals surface area contributed by atoms with E-state index in [2.05, 4.69) is 20.8 Å². The number of benzene rings is 2. The Bertz CT molecular complexity index is 1050. The van der Waals surface area contributed by atoms with E-state index in [1.807, 2.05) is 38.1 Å². The zero-order valence-corrected chi connectivity index (χ0v) is 18.5. The molecule has 2 N–H and O–H groups in total. The van der Waals surface area contributed by atoms with Crippen molar-refractivity contribution in [3.63, 3.8) is 0 Å². The molecule has 3 aromatic rings. The van der Waals surface area contributed by atoms with E-state index in [0.29, 0.717) is 21.5 Å². The predicted molar refractivity (Wildman–Crippen MR) is 120 cm³/mol.